The fraction of sp³-hybridized carbons (Fsp3) is 0.100. The Morgan fingerprint density at radius 1 is 1.33 bits per heavy atom. The smallest absolute Gasteiger partial charge is 0.205 e. The van der Waals surface area contributed by atoms with E-state index < -0.39 is 11.6 Å². The summed E-state index contributed by atoms with van der Waals surface area (Å²) in [5.41, 5.74) is 6.27. The summed E-state index contributed by atoms with van der Waals surface area (Å²) in [6, 6.07) is 3.91. The second kappa shape index (κ2) is 3.34. The number of nitrogens with zero attached hydrogens (tertiary/aromatic N) is 2. The summed E-state index contributed by atoms with van der Waals surface area (Å²) >= 11 is 0. The zero-order valence-electron chi connectivity index (χ0n) is 8.04. The highest BCUT2D eigenvalue weighted by molar-refractivity contribution is 5.41. The standard InChI is InChI=1S/C10H9F2N3/c1-6-5-15(10(13)14-6)8-4-2-3-7(11)9(8)12/h2-5H,1H3,(H2,13,14). The number of hydrogen-bond donors (Lipinski definition) is 1. The van der Waals surface area contributed by atoms with Crippen LogP contribution in [0.1, 0.15) is 5.69 Å². The van der Waals surface area contributed by atoms with E-state index in [2.05, 4.69) is 4.98 Å². The van der Waals surface area contributed by atoms with Crippen molar-refractivity contribution in [2.45, 2.75) is 6.92 Å². The second-order valence-corrected chi connectivity index (χ2v) is 3.18. The summed E-state index contributed by atoms with van der Waals surface area (Å²) < 4.78 is 27.7. The van der Waals surface area contributed by atoms with Gasteiger partial charge in [0.2, 0.25) is 5.95 Å². The molecule has 0 radical (unpaired) electrons. The number of imidazole rings is 1. The molecule has 0 spiro atoms. The van der Waals surface area contributed by atoms with E-state index in [-0.39, 0.29) is 11.6 Å². The lowest BCUT2D eigenvalue weighted by Gasteiger charge is -2.05. The van der Waals surface area contributed by atoms with Crippen LogP contribution in [0.2, 0.25) is 0 Å². The molecule has 0 aliphatic rings. The van der Waals surface area contributed by atoms with Crippen molar-refractivity contribution in [3.05, 3.63) is 41.7 Å². The van der Waals surface area contributed by atoms with E-state index in [4.69, 9.17) is 5.73 Å². The van der Waals surface area contributed by atoms with Crippen molar-refractivity contribution in [2.24, 2.45) is 0 Å². The lowest BCUT2D eigenvalue weighted by molar-refractivity contribution is 0.504. The first-order valence-electron chi connectivity index (χ1n) is 4.35. The van der Waals surface area contributed by atoms with Crippen molar-refractivity contribution in [3.63, 3.8) is 0 Å². The molecule has 78 valence electrons. The number of nitrogens with two attached hydrogens (primary N) is 1. The molecule has 0 saturated heterocycles. The first-order chi connectivity index (χ1) is 7.09. The Kier molecular flexibility index (Phi) is 2.15. The van der Waals surface area contributed by atoms with Crippen molar-refractivity contribution in [2.75, 3.05) is 5.73 Å². The Morgan fingerprint density at radius 3 is 2.67 bits per heavy atom. The van der Waals surface area contributed by atoms with Gasteiger partial charge in [0.05, 0.1) is 11.4 Å². The first-order valence-corrected chi connectivity index (χ1v) is 4.35. The summed E-state index contributed by atoms with van der Waals surface area (Å²) in [5, 5.41) is 0. The Bertz CT molecular complexity index is 505. The predicted octanol–water partition coefficient (Wildman–Crippen LogP) is 2.04. The third-order valence-electron chi connectivity index (χ3n) is 2.04. The van der Waals surface area contributed by atoms with Gasteiger partial charge in [-0.15, -0.1) is 0 Å². The maximum absolute atomic E-state index is 13.4. The maximum atomic E-state index is 13.4. The van der Waals surface area contributed by atoms with Crippen molar-refractivity contribution >= 4 is 5.95 Å². The summed E-state index contributed by atoms with van der Waals surface area (Å²) in [6.07, 6.45) is 1.55. The lowest BCUT2D eigenvalue weighted by atomic mass is 10.3. The molecular weight excluding hydrogens is 200 g/mol. The fourth-order valence-corrected chi connectivity index (χ4v) is 1.39. The number of halogens is 2. The molecule has 2 N–H and O–H groups in total. The largest absolute Gasteiger partial charge is 0.369 e. The van der Waals surface area contributed by atoms with Gasteiger partial charge >= 0.3 is 0 Å². The molecular formula is C10H9F2N3. The highest BCUT2D eigenvalue weighted by Crippen LogP contribution is 2.19. The molecule has 2 rings (SSSR count). The van der Waals surface area contributed by atoms with Crippen LogP contribution in [0, 0.1) is 18.6 Å². The van der Waals surface area contributed by atoms with Crippen LogP contribution in [0.5, 0.6) is 0 Å². The molecule has 0 fully saturated rings. The van der Waals surface area contributed by atoms with E-state index in [0.29, 0.717) is 5.69 Å². The van der Waals surface area contributed by atoms with E-state index in [1.807, 2.05) is 0 Å². The predicted molar refractivity (Wildman–Crippen MR) is 52.6 cm³/mol. The number of nitrogen functional groups attached to an aromatic ring is 1. The van der Waals surface area contributed by atoms with Gasteiger partial charge in [-0.1, -0.05) is 6.07 Å². The van der Waals surface area contributed by atoms with Gasteiger partial charge in [0, 0.05) is 6.20 Å². The van der Waals surface area contributed by atoms with Crippen molar-refractivity contribution < 1.29 is 8.78 Å². The molecule has 0 aliphatic carbocycles. The van der Waals surface area contributed by atoms with E-state index in [1.165, 1.54) is 16.7 Å². The molecule has 0 unspecified atom stereocenters. The third-order valence-corrected chi connectivity index (χ3v) is 2.04. The van der Waals surface area contributed by atoms with Gasteiger partial charge < -0.3 is 5.73 Å². The van der Waals surface area contributed by atoms with Gasteiger partial charge in [0.15, 0.2) is 11.6 Å². The van der Waals surface area contributed by atoms with Gasteiger partial charge in [-0.25, -0.2) is 13.8 Å². The van der Waals surface area contributed by atoms with Crippen molar-refractivity contribution in [1.29, 1.82) is 0 Å². The number of aromatic nitrogens is 2. The lowest BCUT2D eigenvalue weighted by Crippen LogP contribution is -2.03. The summed E-state index contributed by atoms with van der Waals surface area (Å²) in [4.78, 5) is 3.91. The maximum Gasteiger partial charge on any atom is 0.205 e. The second-order valence-electron chi connectivity index (χ2n) is 3.18. The molecule has 5 heteroatoms. The van der Waals surface area contributed by atoms with Crippen LogP contribution in [0.3, 0.4) is 0 Å². The van der Waals surface area contributed by atoms with E-state index in [9.17, 15) is 8.78 Å². The summed E-state index contributed by atoms with van der Waals surface area (Å²) in [5.74, 6) is -1.70. The Morgan fingerprint density at radius 2 is 2.07 bits per heavy atom. The van der Waals surface area contributed by atoms with Gasteiger partial charge in [-0.2, -0.15) is 0 Å². The molecule has 3 nitrogen and oxygen atoms in total. The van der Waals surface area contributed by atoms with Gasteiger partial charge in [-0.05, 0) is 19.1 Å². The normalized spacial score (nSPS) is 10.6. The number of benzene rings is 1. The minimum absolute atomic E-state index is 0.0631. The monoisotopic (exact) mass is 209 g/mol. The SMILES string of the molecule is Cc1cn(-c2cccc(F)c2F)c(N)n1. The Hall–Kier alpha value is -1.91. The number of hydrogen-bond acceptors (Lipinski definition) is 2. The highest BCUT2D eigenvalue weighted by Gasteiger charge is 2.12. The van der Waals surface area contributed by atoms with Gasteiger partial charge in [0.25, 0.3) is 0 Å². The number of aryl methyl sites for hydroxylation is 1. The molecule has 1 heterocycles. The Balaban J connectivity index is 2.64. The average molecular weight is 209 g/mol. The van der Waals surface area contributed by atoms with Crippen molar-refractivity contribution in [1.82, 2.24) is 9.55 Å². The van der Waals surface area contributed by atoms with Gasteiger partial charge in [-0.3, -0.25) is 4.57 Å². The van der Waals surface area contributed by atoms with E-state index >= 15 is 0 Å². The molecule has 1 aromatic heterocycles. The van der Waals surface area contributed by atoms with Crippen LogP contribution < -0.4 is 5.73 Å². The van der Waals surface area contributed by atoms with Crippen LogP contribution >= 0.6 is 0 Å². The molecule has 0 saturated carbocycles. The molecule has 2 aromatic rings. The van der Waals surface area contributed by atoms with E-state index in [1.54, 1.807) is 13.1 Å². The first kappa shape index (κ1) is 9.64. The number of anilines is 1. The Labute approximate surface area is 85.2 Å². The molecule has 15 heavy (non-hydrogen) atoms. The van der Waals surface area contributed by atoms with E-state index in [0.717, 1.165) is 6.07 Å². The van der Waals surface area contributed by atoms with Crippen LogP contribution in [-0.2, 0) is 0 Å². The molecule has 0 atom stereocenters. The third kappa shape index (κ3) is 1.56. The van der Waals surface area contributed by atoms with Crippen LogP contribution in [0.25, 0.3) is 5.69 Å². The molecule has 0 amide bonds. The quantitative estimate of drug-likeness (QED) is 0.781. The van der Waals surface area contributed by atoms with Crippen LogP contribution in [-0.4, -0.2) is 9.55 Å². The molecule has 1 aromatic carbocycles. The fourth-order valence-electron chi connectivity index (χ4n) is 1.39. The highest BCUT2D eigenvalue weighted by atomic mass is 19.2. The minimum atomic E-state index is -0.929. The topological polar surface area (TPSA) is 43.8 Å². The van der Waals surface area contributed by atoms with Crippen LogP contribution in [0.4, 0.5) is 14.7 Å². The average Bonchev–Trinajstić information content (AvgIpc) is 2.50. The van der Waals surface area contributed by atoms with Gasteiger partial charge in [0.1, 0.15) is 0 Å². The van der Waals surface area contributed by atoms with Crippen molar-refractivity contribution in [3.8, 4) is 5.69 Å². The molecule has 0 aliphatic heterocycles. The van der Waals surface area contributed by atoms with Crippen LogP contribution in [0.15, 0.2) is 24.4 Å². The zero-order valence-corrected chi connectivity index (χ0v) is 8.04. The number of rotatable bonds is 1. The zero-order chi connectivity index (χ0) is 11.0. The summed E-state index contributed by atoms with van der Waals surface area (Å²) in [7, 11) is 0. The minimum Gasteiger partial charge on any atom is -0.369 e. The molecule has 0 bridgehead atoms. The summed E-state index contributed by atoms with van der Waals surface area (Å²) in [6.45, 7) is 1.73.